The zero-order chi connectivity index (χ0) is 14.0. The fourth-order valence-corrected chi connectivity index (χ4v) is 2.98. The topological polar surface area (TPSA) is 30.3 Å². The summed E-state index contributed by atoms with van der Waals surface area (Å²) in [5, 5.41) is 10.1. The van der Waals surface area contributed by atoms with Crippen molar-refractivity contribution in [3.05, 3.63) is 29.3 Å². The van der Waals surface area contributed by atoms with Crippen molar-refractivity contribution in [2.24, 2.45) is 0 Å². The molecular weight excluding hydrogens is 302 g/mol. The lowest BCUT2D eigenvalue weighted by Gasteiger charge is -2.43. The van der Waals surface area contributed by atoms with Gasteiger partial charge in [0.15, 0.2) is 0 Å². The minimum absolute atomic E-state index is 0.506. The van der Waals surface area contributed by atoms with Crippen molar-refractivity contribution in [3.63, 3.8) is 0 Å². The fraction of sp³-hybridized carbons (Fsp3) is 0.533. The van der Waals surface area contributed by atoms with Crippen LogP contribution in [0.5, 0.6) is 0 Å². The molecule has 1 aliphatic heterocycles. The molecule has 0 saturated carbocycles. The van der Waals surface area contributed by atoms with Gasteiger partial charge in [0.1, 0.15) is 6.07 Å². The van der Waals surface area contributed by atoms with E-state index in [0.29, 0.717) is 12.1 Å². The van der Waals surface area contributed by atoms with E-state index in [0.717, 1.165) is 35.2 Å². The van der Waals surface area contributed by atoms with Crippen LogP contribution in [0.3, 0.4) is 0 Å². The second-order valence-corrected chi connectivity index (χ2v) is 5.93. The molecule has 0 N–H and O–H groups in total. The van der Waals surface area contributed by atoms with Gasteiger partial charge in [-0.3, -0.25) is 4.90 Å². The molecule has 1 saturated heterocycles. The molecule has 0 aromatic heterocycles. The summed E-state index contributed by atoms with van der Waals surface area (Å²) in [6.45, 7) is 6.43. The van der Waals surface area contributed by atoms with Gasteiger partial charge in [0.2, 0.25) is 0 Å². The first-order valence-corrected chi connectivity index (χ1v) is 7.74. The van der Waals surface area contributed by atoms with Crippen LogP contribution < -0.4 is 4.90 Å². The van der Waals surface area contributed by atoms with Crippen LogP contribution in [0.2, 0.25) is 0 Å². The van der Waals surface area contributed by atoms with Gasteiger partial charge in [0.25, 0.3) is 0 Å². The van der Waals surface area contributed by atoms with Crippen LogP contribution in [0.1, 0.15) is 25.0 Å². The van der Waals surface area contributed by atoms with Crippen LogP contribution in [0.15, 0.2) is 18.2 Å². The number of nitriles is 1. The lowest BCUT2D eigenvalue weighted by molar-refractivity contribution is 0.170. The Balaban J connectivity index is 2.30. The van der Waals surface area contributed by atoms with E-state index in [2.05, 4.69) is 64.8 Å². The third-order valence-corrected chi connectivity index (χ3v) is 4.68. The smallest absolute Gasteiger partial charge is 0.101 e. The van der Waals surface area contributed by atoms with Gasteiger partial charge in [-0.15, -0.1) is 0 Å². The molecule has 0 spiro atoms. The number of hydrogen-bond acceptors (Lipinski definition) is 3. The largest absolute Gasteiger partial charge is 0.367 e. The molecule has 102 valence electrons. The maximum atomic E-state index is 9.35. The van der Waals surface area contributed by atoms with Crippen molar-refractivity contribution in [1.29, 1.82) is 5.26 Å². The highest BCUT2D eigenvalue weighted by Gasteiger charge is 2.27. The van der Waals surface area contributed by atoms with E-state index in [4.69, 9.17) is 0 Å². The Morgan fingerprint density at radius 3 is 2.47 bits per heavy atom. The molecule has 1 aliphatic rings. The summed E-state index contributed by atoms with van der Waals surface area (Å²) < 4.78 is 0. The summed E-state index contributed by atoms with van der Waals surface area (Å²) in [6.07, 6.45) is 0. The van der Waals surface area contributed by atoms with E-state index in [9.17, 15) is 5.26 Å². The molecule has 1 aromatic carbocycles. The summed E-state index contributed by atoms with van der Waals surface area (Å²) in [6, 6.07) is 9.51. The first kappa shape index (κ1) is 14.4. The van der Waals surface area contributed by atoms with Crippen LogP contribution in [-0.2, 0) is 5.33 Å². The van der Waals surface area contributed by atoms with Gasteiger partial charge in [-0.2, -0.15) is 5.26 Å². The first-order valence-electron chi connectivity index (χ1n) is 6.62. The molecule has 0 aliphatic carbocycles. The number of benzene rings is 1. The Hall–Kier alpha value is -1.05. The quantitative estimate of drug-likeness (QED) is 0.784. The van der Waals surface area contributed by atoms with Crippen molar-refractivity contribution in [1.82, 2.24) is 4.90 Å². The molecule has 1 aromatic rings. The lowest BCUT2D eigenvalue weighted by Crippen LogP contribution is -2.55. The van der Waals surface area contributed by atoms with Crippen LogP contribution in [0.4, 0.5) is 5.69 Å². The Labute approximate surface area is 123 Å². The number of anilines is 1. The second kappa shape index (κ2) is 5.94. The number of hydrogen-bond donors (Lipinski definition) is 0. The molecule has 2 rings (SSSR count). The maximum absolute atomic E-state index is 9.35. The van der Waals surface area contributed by atoms with Gasteiger partial charge < -0.3 is 4.90 Å². The summed E-state index contributed by atoms with van der Waals surface area (Å²) in [7, 11) is 2.17. The van der Waals surface area contributed by atoms with E-state index >= 15 is 0 Å². The van der Waals surface area contributed by atoms with Gasteiger partial charge >= 0.3 is 0 Å². The molecule has 0 amide bonds. The van der Waals surface area contributed by atoms with Gasteiger partial charge in [-0.25, -0.2) is 0 Å². The SMILES string of the molecule is CC1CN(c2ccc(CBr)cc2C#N)CC(C)N1C. The highest BCUT2D eigenvalue weighted by molar-refractivity contribution is 9.08. The normalized spacial score (nSPS) is 24.3. The minimum atomic E-state index is 0.506. The van der Waals surface area contributed by atoms with Crippen molar-refractivity contribution >= 4 is 21.6 Å². The zero-order valence-corrected chi connectivity index (χ0v) is 13.3. The number of alkyl halides is 1. The van der Waals surface area contributed by atoms with Gasteiger partial charge in [0, 0.05) is 30.5 Å². The third kappa shape index (κ3) is 2.93. The number of nitrogens with zero attached hydrogens (tertiary/aromatic N) is 3. The molecule has 2 atom stereocenters. The van der Waals surface area contributed by atoms with Crippen LogP contribution >= 0.6 is 15.9 Å². The molecule has 3 nitrogen and oxygen atoms in total. The molecule has 0 bridgehead atoms. The highest BCUT2D eigenvalue weighted by Crippen LogP contribution is 2.26. The van der Waals surface area contributed by atoms with Crippen LogP contribution in [-0.4, -0.2) is 37.1 Å². The van der Waals surface area contributed by atoms with Crippen molar-refractivity contribution < 1.29 is 0 Å². The predicted molar refractivity (Wildman–Crippen MR) is 82.7 cm³/mol. The summed E-state index contributed by atoms with van der Waals surface area (Å²) in [4.78, 5) is 4.74. The zero-order valence-electron chi connectivity index (χ0n) is 11.7. The monoisotopic (exact) mass is 321 g/mol. The third-order valence-electron chi connectivity index (χ3n) is 4.04. The van der Waals surface area contributed by atoms with E-state index in [-0.39, 0.29) is 0 Å². The molecule has 4 heteroatoms. The maximum Gasteiger partial charge on any atom is 0.101 e. The summed E-state index contributed by atoms with van der Waals surface area (Å²) in [5.41, 5.74) is 3.00. The predicted octanol–water partition coefficient (Wildman–Crippen LogP) is 2.98. The van der Waals surface area contributed by atoms with Crippen LogP contribution in [0.25, 0.3) is 0 Å². The molecule has 19 heavy (non-hydrogen) atoms. The average molecular weight is 322 g/mol. The van der Waals surface area contributed by atoms with E-state index < -0.39 is 0 Å². The Bertz CT molecular complexity index is 483. The minimum Gasteiger partial charge on any atom is -0.367 e. The fourth-order valence-electron chi connectivity index (χ4n) is 2.63. The summed E-state index contributed by atoms with van der Waals surface area (Å²) in [5.74, 6) is 0. The number of halogens is 1. The molecule has 2 unspecified atom stereocenters. The molecule has 0 radical (unpaired) electrons. The summed E-state index contributed by atoms with van der Waals surface area (Å²) >= 11 is 3.44. The van der Waals surface area contributed by atoms with Gasteiger partial charge in [0.05, 0.1) is 11.3 Å². The standard InChI is InChI=1S/C15H20BrN3/c1-11-9-19(10-12(2)18(11)3)15-5-4-13(7-16)6-14(15)8-17/h4-6,11-12H,7,9-10H2,1-3H3. The van der Waals surface area contributed by atoms with Crippen molar-refractivity contribution in [2.75, 3.05) is 25.0 Å². The van der Waals surface area contributed by atoms with Gasteiger partial charge in [-0.05, 0) is 38.6 Å². The average Bonchev–Trinajstić information content (AvgIpc) is 2.43. The number of rotatable bonds is 2. The Kier molecular flexibility index (Phi) is 4.49. The number of piperazine rings is 1. The molecular formula is C15H20BrN3. The Morgan fingerprint density at radius 2 is 1.95 bits per heavy atom. The second-order valence-electron chi connectivity index (χ2n) is 5.37. The number of likely N-dealkylation sites (N-methyl/N-ethyl adjacent to an activating group) is 1. The highest BCUT2D eigenvalue weighted by atomic mass is 79.9. The van der Waals surface area contributed by atoms with Gasteiger partial charge in [-0.1, -0.05) is 22.0 Å². The van der Waals surface area contributed by atoms with Crippen molar-refractivity contribution in [2.45, 2.75) is 31.3 Å². The Morgan fingerprint density at radius 1 is 1.32 bits per heavy atom. The van der Waals surface area contributed by atoms with E-state index in [1.807, 2.05) is 6.07 Å². The van der Waals surface area contributed by atoms with Crippen LogP contribution in [0, 0.1) is 11.3 Å². The molecule has 1 heterocycles. The van der Waals surface area contributed by atoms with Crippen molar-refractivity contribution in [3.8, 4) is 6.07 Å². The van der Waals surface area contributed by atoms with E-state index in [1.54, 1.807) is 0 Å². The lowest BCUT2D eigenvalue weighted by atomic mass is 10.0. The first-order chi connectivity index (χ1) is 9.06. The van der Waals surface area contributed by atoms with E-state index in [1.165, 1.54) is 0 Å². The molecule has 1 fully saturated rings.